The van der Waals surface area contributed by atoms with Crippen LogP contribution in [0.2, 0.25) is 0 Å². The molecule has 3 rings (SSSR count). The highest BCUT2D eigenvalue weighted by Gasteiger charge is 2.12. The van der Waals surface area contributed by atoms with Gasteiger partial charge >= 0.3 is 0 Å². The molecular weight excluding hydrogens is 258 g/mol. The van der Waals surface area contributed by atoms with E-state index >= 15 is 0 Å². The molecule has 112 valence electrons. The van der Waals surface area contributed by atoms with Crippen LogP contribution in [0.4, 0.5) is 0 Å². The maximum absolute atomic E-state index is 4.26. The minimum absolute atomic E-state index is 0.425. The highest BCUT2D eigenvalue weighted by molar-refractivity contribution is 5.35. The molecule has 0 amide bonds. The number of H-pyrrole nitrogens is 1. The van der Waals surface area contributed by atoms with Gasteiger partial charge in [0.1, 0.15) is 5.82 Å². The summed E-state index contributed by atoms with van der Waals surface area (Å²) in [7, 11) is 0. The van der Waals surface area contributed by atoms with Crippen molar-refractivity contribution in [2.24, 2.45) is 0 Å². The smallest absolute Gasteiger partial charge is 0.106 e. The van der Waals surface area contributed by atoms with E-state index in [2.05, 4.69) is 40.4 Å². The molecular formula is C18H25N3. The van der Waals surface area contributed by atoms with Crippen LogP contribution in [0.5, 0.6) is 0 Å². The number of hydrogen-bond donors (Lipinski definition) is 2. The first-order valence-electron chi connectivity index (χ1n) is 8.16. The highest BCUT2D eigenvalue weighted by atomic mass is 14.9. The molecule has 1 aromatic heterocycles. The minimum Gasteiger partial charge on any atom is -0.349 e. The Morgan fingerprint density at radius 2 is 2.10 bits per heavy atom. The maximum atomic E-state index is 4.26. The topological polar surface area (TPSA) is 40.7 Å². The molecule has 21 heavy (non-hydrogen) atoms. The fourth-order valence-corrected chi connectivity index (χ4v) is 3.15. The lowest BCUT2D eigenvalue weighted by atomic mass is 9.89. The average molecular weight is 283 g/mol. The van der Waals surface area contributed by atoms with Gasteiger partial charge in [0.15, 0.2) is 0 Å². The van der Waals surface area contributed by atoms with E-state index in [-0.39, 0.29) is 0 Å². The lowest BCUT2D eigenvalue weighted by Gasteiger charge is -2.20. The van der Waals surface area contributed by atoms with Gasteiger partial charge in [-0.3, -0.25) is 0 Å². The first kappa shape index (κ1) is 14.3. The Balaban J connectivity index is 1.49. The van der Waals surface area contributed by atoms with Crippen molar-refractivity contribution in [2.75, 3.05) is 6.54 Å². The van der Waals surface area contributed by atoms with E-state index in [0.717, 1.165) is 25.2 Å². The summed E-state index contributed by atoms with van der Waals surface area (Å²) in [5, 5.41) is 3.63. The number of aromatic nitrogens is 2. The van der Waals surface area contributed by atoms with Crippen LogP contribution in [0.15, 0.2) is 30.6 Å². The molecule has 0 bridgehead atoms. The van der Waals surface area contributed by atoms with E-state index < -0.39 is 0 Å². The molecule has 0 saturated carbocycles. The van der Waals surface area contributed by atoms with Crippen molar-refractivity contribution in [1.82, 2.24) is 15.3 Å². The Bertz CT molecular complexity index is 560. The Kier molecular flexibility index (Phi) is 4.71. The lowest BCUT2D eigenvalue weighted by molar-refractivity contribution is 0.553. The highest BCUT2D eigenvalue weighted by Crippen LogP contribution is 2.24. The predicted octanol–water partition coefficient (Wildman–Crippen LogP) is 3.57. The van der Waals surface area contributed by atoms with Gasteiger partial charge in [0, 0.05) is 24.9 Å². The van der Waals surface area contributed by atoms with Crippen LogP contribution in [0, 0.1) is 0 Å². The van der Waals surface area contributed by atoms with E-state index in [1.54, 1.807) is 11.1 Å². The number of aryl methyl sites for hydroxylation is 3. The fraction of sp³-hybridized carbons (Fsp3) is 0.500. The van der Waals surface area contributed by atoms with Gasteiger partial charge in [-0.2, -0.15) is 0 Å². The normalized spacial score (nSPS) is 15.7. The van der Waals surface area contributed by atoms with Crippen molar-refractivity contribution in [1.29, 1.82) is 0 Å². The molecule has 1 aromatic carbocycles. The molecule has 0 aliphatic heterocycles. The van der Waals surface area contributed by atoms with Crippen LogP contribution >= 0.6 is 0 Å². The quantitative estimate of drug-likeness (QED) is 0.796. The van der Waals surface area contributed by atoms with Crippen molar-refractivity contribution in [2.45, 2.75) is 51.5 Å². The summed E-state index contributed by atoms with van der Waals surface area (Å²) < 4.78 is 0. The van der Waals surface area contributed by atoms with Gasteiger partial charge in [-0.05, 0) is 62.3 Å². The van der Waals surface area contributed by atoms with Crippen LogP contribution in [0.1, 0.15) is 54.7 Å². The van der Waals surface area contributed by atoms with Crippen LogP contribution in [0.3, 0.4) is 0 Å². The number of nitrogens with zero attached hydrogens (tertiary/aromatic N) is 1. The fourth-order valence-electron chi connectivity index (χ4n) is 3.15. The van der Waals surface area contributed by atoms with Crippen LogP contribution < -0.4 is 5.32 Å². The molecule has 1 unspecified atom stereocenters. The van der Waals surface area contributed by atoms with Gasteiger partial charge in [-0.25, -0.2) is 4.98 Å². The van der Waals surface area contributed by atoms with Crippen molar-refractivity contribution < 1.29 is 0 Å². The molecule has 1 aliphatic carbocycles. The van der Waals surface area contributed by atoms with Crippen LogP contribution in [0.25, 0.3) is 0 Å². The third-order valence-electron chi connectivity index (χ3n) is 4.47. The largest absolute Gasteiger partial charge is 0.349 e. The Morgan fingerprint density at radius 3 is 2.90 bits per heavy atom. The number of hydrogen-bond acceptors (Lipinski definition) is 2. The Morgan fingerprint density at radius 1 is 1.24 bits per heavy atom. The molecule has 1 aliphatic rings. The van der Waals surface area contributed by atoms with E-state index in [0.29, 0.717) is 6.04 Å². The molecule has 0 radical (unpaired) electrons. The SMILES string of the molecule is CC(NCCCc1ncc[nH]1)c1ccc2c(c1)CCCC2. The molecule has 0 saturated heterocycles. The van der Waals surface area contributed by atoms with Gasteiger partial charge < -0.3 is 10.3 Å². The molecule has 3 nitrogen and oxygen atoms in total. The first-order chi connectivity index (χ1) is 10.3. The molecule has 2 aromatic rings. The Hall–Kier alpha value is -1.61. The standard InChI is InChI=1S/C18H25N3/c1-14(19-10-4-7-18-20-11-12-21-18)16-9-8-15-5-2-3-6-17(15)13-16/h8-9,11-14,19H,2-7,10H2,1H3,(H,20,21). The Labute approximate surface area is 127 Å². The third-order valence-corrected chi connectivity index (χ3v) is 4.47. The number of imidazole rings is 1. The van der Waals surface area contributed by atoms with E-state index in [4.69, 9.17) is 0 Å². The molecule has 0 spiro atoms. The summed E-state index contributed by atoms with van der Waals surface area (Å²) in [6.45, 7) is 3.29. The molecule has 2 N–H and O–H groups in total. The van der Waals surface area contributed by atoms with Crippen molar-refractivity contribution in [3.8, 4) is 0 Å². The second-order valence-corrected chi connectivity index (χ2v) is 6.05. The van der Waals surface area contributed by atoms with E-state index in [9.17, 15) is 0 Å². The summed E-state index contributed by atoms with van der Waals surface area (Å²) in [5.41, 5.74) is 4.56. The third kappa shape index (κ3) is 3.73. The number of nitrogens with one attached hydrogen (secondary N) is 2. The van der Waals surface area contributed by atoms with Gasteiger partial charge in [0.2, 0.25) is 0 Å². The second-order valence-electron chi connectivity index (χ2n) is 6.05. The van der Waals surface area contributed by atoms with Gasteiger partial charge in [-0.15, -0.1) is 0 Å². The molecule has 3 heteroatoms. The molecule has 1 heterocycles. The number of aromatic amines is 1. The number of benzene rings is 1. The maximum Gasteiger partial charge on any atom is 0.106 e. The summed E-state index contributed by atoms with van der Waals surface area (Å²) >= 11 is 0. The average Bonchev–Trinajstić information content (AvgIpc) is 3.04. The van der Waals surface area contributed by atoms with E-state index in [1.807, 2.05) is 12.4 Å². The monoisotopic (exact) mass is 283 g/mol. The van der Waals surface area contributed by atoms with Crippen LogP contribution in [-0.4, -0.2) is 16.5 Å². The zero-order chi connectivity index (χ0) is 14.5. The number of fused-ring (bicyclic) bond motifs is 1. The van der Waals surface area contributed by atoms with E-state index in [1.165, 1.54) is 31.2 Å². The summed E-state index contributed by atoms with van der Waals surface area (Å²) in [6, 6.07) is 7.48. The van der Waals surface area contributed by atoms with Gasteiger partial charge in [0.25, 0.3) is 0 Å². The van der Waals surface area contributed by atoms with Crippen molar-refractivity contribution in [3.63, 3.8) is 0 Å². The van der Waals surface area contributed by atoms with Crippen LogP contribution in [-0.2, 0) is 19.3 Å². The zero-order valence-electron chi connectivity index (χ0n) is 12.9. The van der Waals surface area contributed by atoms with Gasteiger partial charge in [-0.1, -0.05) is 18.2 Å². The second kappa shape index (κ2) is 6.90. The minimum atomic E-state index is 0.425. The number of rotatable bonds is 6. The lowest BCUT2D eigenvalue weighted by Crippen LogP contribution is -2.21. The predicted molar refractivity (Wildman–Crippen MR) is 86.4 cm³/mol. The summed E-state index contributed by atoms with van der Waals surface area (Å²) in [5.74, 6) is 1.08. The molecule has 0 fully saturated rings. The molecule has 1 atom stereocenters. The summed E-state index contributed by atoms with van der Waals surface area (Å²) in [4.78, 5) is 7.41. The van der Waals surface area contributed by atoms with Gasteiger partial charge in [0.05, 0.1) is 0 Å². The summed E-state index contributed by atoms with van der Waals surface area (Å²) in [6.07, 6.45) is 11.1. The zero-order valence-corrected chi connectivity index (χ0v) is 12.9. The van der Waals surface area contributed by atoms with Crippen molar-refractivity contribution >= 4 is 0 Å². The van der Waals surface area contributed by atoms with Crippen molar-refractivity contribution in [3.05, 3.63) is 53.1 Å². The first-order valence-corrected chi connectivity index (χ1v) is 8.16.